The third-order valence-electron chi connectivity index (χ3n) is 3.41. The molecule has 1 aromatic heterocycles. The van der Waals surface area contributed by atoms with Gasteiger partial charge in [0.05, 0.1) is 24.1 Å². The van der Waals surface area contributed by atoms with Crippen molar-refractivity contribution in [3.63, 3.8) is 0 Å². The molecule has 0 bridgehead atoms. The van der Waals surface area contributed by atoms with E-state index in [1.54, 1.807) is 6.07 Å². The highest BCUT2D eigenvalue weighted by Gasteiger charge is 2.13. The first kappa shape index (κ1) is 17.6. The maximum absolute atomic E-state index is 12.5. The highest BCUT2D eigenvalue weighted by atomic mass is 16.5. The van der Waals surface area contributed by atoms with Crippen molar-refractivity contribution >= 4 is 16.9 Å². The van der Waals surface area contributed by atoms with Gasteiger partial charge >= 0.3 is 5.69 Å². The number of carboxylic acids is 1. The summed E-state index contributed by atoms with van der Waals surface area (Å²) in [7, 11) is 0. The first-order valence-electron chi connectivity index (χ1n) is 7.74. The third kappa shape index (κ3) is 3.76. The molecule has 0 aliphatic rings. The molecular weight excluding hydrogens is 316 g/mol. The SMILES string of the molecule is CCOc1cc2[nH]c(=O)n(CCCC(=O)[O-])c(=O)c2cc1OCC. The van der Waals surface area contributed by atoms with Crippen molar-refractivity contribution in [2.45, 2.75) is 33.2 Å². The predicted octanol–water partition coefficient (Wildman–Crippen LogP) is 0.0173. The van der Waals surface area contributed by atoms with Gasteiger partial charge in [0.2, 0.25) is 0 Å². The average Bonchev–Trinajstić information content (AvgIpc) is 2.52. The Morgan fingerprint density at radius 1 is 1.17 bits per heavy atom. The zero-order valence-electron chi connectivity index (χ0n) is 13.6. The van der Waals surface area contributed by atoms with E-state index in [1.807, 2.05) is 13.8 Å². The minimum atomic E-state index is -1.22. The van der Waals surface area contributed by atoms with Gasteiger partial charge in [-0.15, -0.1) is 0 Å². The fourth-order valence-electron chi connectivity index (χ4n) is 2.38. The van der Waals surface area contributed by atoms with Gasteiger partial charge in [-0.1, -0.05) is 0 Å². The molecule has 1 heterocycles. The number of nitrogens with zero attached hydrogens (tertiary/aromatic N) is 1. The number of hydrogen-bond donors (Lipinski definition) is 1. The molecule has 0 unspecified atom stereocenters. The maximum Gasteiger partial charge on any atom is 0.328 e. The lowest BCUT2D eigenvalue weighted by atomic mass is 10.2. The highest BCUT2D eigenvalue weighted by molar-refractivity contribution is 5.81. The van der Waals surface area contributed by atoms with Crippen LogP contribution in [0.25, 0.3) is 10.9 Å². The largest absolute Gasteiger partial charge is 0.550 e. The number of rotatable bonds is 8. The minimum Gasteiger partial charge on any atom is -0.550 e. The number of carbonyl (C=O) groups is 1. The van der Waals surface area contributed by atoms with Gasteiger partial charge in [-0.25, -0.2) is 4.79 Å². The molecule has 0 aliphatic heterocycles. The van der Waals surface area contributed by atoms with E-state index in [-0.39, 0.29) is 24.8 Å². The number of H-pyrrole nitrogens is 1. The Hall–Kier alpha value is -2.77. The number of aromatic nitrogens is 2. The fourth-order valence-corrected chi connectivity index (χ4v) is 2.38. The van der Waals surface area contributed by atoms with Gasteiger partial charge in [0.25, 0.3) is 5.56 Å². The van der Waals surface area contributed by atoms with Gasteiger partial charge in [0, 0.05) is 18.6 Å². The van der Waals surface area contributed by atoms with Crippen molar-refractivity contribution in [3.8, 4) is 11.5 Å². The average molecular weight is 335 g/mol. The second-order valence-electron chi connectivity index (χ2n) is 5.07. The Balaban J connectivity index is 2.52. The molecule has 0 aliphatic carbocycles. The number of carbonyl (C=O) groups excluding carboxylic acids is 1. The summed E-state index contributed by atoms with van der Waals surface area (Å²) in [6.07, 6.45) is -0.0937. The molecular formula is C16H19N2O6-. The lowest BCUT2D eigenvalue weighted by Gasteiger charge is -2.13. The van der Waals surface area contributed by atoms with E-state index in [4.69, 9.17) is 9.47 Å². The number of benzene rings is 1. The van der Waals surface area contributed by atoms with E-state index in [9.17, 15) is 19.5 Å². The van der Waals surface area contributed by atoms with E-state index in [2.05, 4.69) is 4.98 Å². The van der Waals surface area contributed by atoms with E-state index in [0.717, 1.165) is 4.57 Å². The molecule has 1 N–H and O–H groups in total. The number of aliphatic carboxylic acids is 1. The number of hydrogen-bond acceptors (Lipinski definition) is 6. The second kappa shape index (κ2) is 7.67. The molecule has 0 amide bonds. The van der Waals surface area contributed by atoms with Crippen molar-refractivity contribution in [2.75, 3.05) is 13.2 Å². The van der Waals surface area contributed by atoms with Gasteiger partial charge < -0.3 is 24.4 Å². The molecule has 0 atom stereocenters. The highest BCUT2D eigenvalue weighted by Crippen LogP contribution is 2.30. The summed E-state index contributed by atoms with van der Waals surface area (Å²) < 4.78 is 11.9. The summed E-state index contributed by atoms with van der Waals surface area (Å²) in [4.78, 5) is 37.7. The Bertz CT molecular complexity index is 852. The van der Waals surface area contributed by atoms with E-state index in [0.29, 0.717) is 30.2 Å². The van der Waals surface area contributed by atoms with Gasteiger partial charge in [0.1, 0.15) is 0 Å². The van der Waals surface area contributed by atoms with Gasteiger partial charge in [0.15, 0.2) is 11.5 Å². The number of carboxylic acid groups (broad SMARTS) is 1. The summed E-state index contributed by atoms with van der Waals surface area (Å²) in [6, 6.07) is 3.08. The van der Waals surface area contributed by atoms with Crippen LogP contribution in [0.1, 0.15) is 26.7 Å². The quantitative estimate of drug-likeness (QED) is 0.727. The van der Waals surface area contributed by atoms with Gasteiger partial charge in [-0.05, 0) is 32.8 Å². The molecule has 8 nitrogen and oxygen atoms in total. The van der Waals surface area contributed by atoms with Crippen molar-refractivity contribution < 1.29 is 19.4 Å². The molecule has 8 heteroatoms. The van der Waals surface area contributed by atoms with Crippen molar-refractivity contribution in [1.82, 2.24) is 9.55 Å². The standard InChI is InChI=1S/C16H20N2O6/c1-3-23-12-8-10-11(9-13(12)24-4-2)17-16(22)18(15(10)21)7-5-6-14(19)20/h8-9H,3-7H2,1-2H3,(H,17,22)(H,19,20)/p-1. The Kier molecular flexibility index (Phi) is 5.62. The fraction of sp³-hybridized carbons (Fsp3) is 0.438. The van der Waals surface area contributed by atoms with Gasteiger partial charge in [-0.2, -0.15) is 0 Å². The predicted molar refractivity (Wildman–Crippen MR) is 85.4 cm³/mol. The number of fused-ring (bicyclic) bond motifs is 1. The van der Waals surface area contributed by atoms with Crippen LogP contribution in [0, 0.1) is 0 Å². The topological polar surface area (TPSA) is 113 Å². The molecule has 0 saturated carbocycles. The van der Waals surface area contributed by atoms with Crippen molar-refractivity contribution in [1.29, 1.82) is 0 Å². The summed E-state index contributed by atoms with van der Waals surface area (Å²) in [6.45, 7) is 4.43. The van der Waals surface area contributed by atoms with Crippen LogP contribution in [0.15, 0.2) is 21.7 Å². The lowest BCUT2D eigenvalue weighted by molar-refractivity contribution is -0.305. The number of ether oxygens (including phenoxy) is 2. The summed E-state index contributed by atoms with van der Waals surface area (Å²) >= 11 is 0. The smallest absolute Gasteiger partial charge is 0.328 e. The molecule has 0 fully saturated rings. The van der Waals surface area contributed by atoms with Gasteiger partial charge in [-0.3, -0.25) is 9.36 Å². The Morgan fingerprint density at radius 3 is 2.38 bits per heavy atom. The van der Waals surface area contributed by atoms with Crippen LogP contribution in [0.2, 0.25) is 0 Å². The molecule has 24 heavy (non-hydrogen) atoms. The first-order chi connectivity index (χ1) is 11.5. The molecule has 2 rings (SSSR count). The molecule has 0 radical (unpaired) electrons. The van der Waals surface area contributed by atoms with Crippen LogP contribution in [0.5, 0.6) is 11.5 Å². The lowest BCUT2D eigenvalue weighted by Crippen LogP contribution is -2.35. The van der Waals surface area contributed by atoms with Crippen LogP contribution >= 0.6 is 0 Å². The summed E-state index contributed by atoms with van der Waals surface area (Å²) in [5.74, 6) is -0.367. The third-order valence-corrected chi connectivity index (χ3v) is 3.41. The van der Waals surface area contributed by atoms with Crippen LogP contribution in [0.3, 0.4) is 0 Å². The van der Waals surface area contributed by atoms with E-state index in [1.165, 1.54) is 6.07 Å². The van der Waals surface area contributed by atoms with E-state index < -0.39 is 17.2 Å². The van der Waals surface area contributed by atoms with Crippen LogP contribution < -0.4 is 25.8 Å². The molecule has 0 saturated heterocycles. The normalized spacial score (nSPS) is 10.8. The summed E-state index contributed by atoms with van der Waals surface area (Å²) in [5, 5.41) is 10.7. The van der Waals surface area contributed by atoms with Crippen LogP contribution in [-0.4, -0.2) is 28.7 Å². The van der Waals surface area contributed by atoms with Crippen LogP contribution in [-0.2, 0) is 11.3 Å². The summed E-state index contributed by atoms with van der Waals surface area (Å²) in [5.41, 5.74) is -0.762. The monoisotopic (exact) mass is 335 g/mol. The molecule has 2 aromatic rings. The number of nitrogens with one attached hydrogen (secondary N) is 1. The zero-order chi connectivity index (χ0) is 17.7. The van der Waals surface area contributed by atoms with Crippen molar-refractivity contribution in [2.24, 2.45) is 0 Å². The Morgan fingerprint density at radius 2 is 1.79 bits per heavy atom. The second-order valence-corrected chi connectivity index (χ2v) is 5.07. The zero-order valence-corrected chi connectivity index (χ0v) is 13.6. The number of aromatic amines is 1. The minimum absolute atomic E-state index is 0.00470. The molecule has 1 aromatic carbocycles. The van der Waals surface area contributed by atoms with Crippen molar-refractivity contribution in [3.05, 3.63) is 33.0 Å². The molecule has 130 valence electrons. The van der Waals surface area contributed by atoms with Crippen LogP contribution in [0.4, 0.5) is 0 Å². The Labute approximate surface area is 137 Å². The first-order valence-corrected chi connectivity index (χ1v) is 7.74. The van der Waals surface area contributed by atoms with E-state index >= 15 is 0 Å². The molecule has 0 spiro atoms. The maximum atomic E-state index is 12.5.